The molecule has 1 atom stereocenters. The van der Waals surface area contributed by atoms with Crippen molar-refractivity contribution in [2.75, 3.05) is 17.1 Å². The third-order valence-corrected chi connectivity index (χ3v) is 7.48. The Hall–Kier alpha value is -3.24. The average Bonchev–Trinajstić information content (AvgIpc) is 2.84. The lowest BCUT2D eigenvalue weighted by Crippen LogP contribution is -2.56. The number of anilines is 1. The summed E-state index contributed by atoms with van der Waals surface area (Å²) < 4.78 is 42.0. The number of hydrogen-bond acceptors (Lipinski definition) is 4. The van der Waals surface area contributed by atoms with Gasteiger partial charge in [-0.3, -0.25) is 13.9 Å². The Morgan fingerprint density at radius 1 is 0.974 bits per heavy atom. The molecule has 0 unspecified atom stereocenters. The summed E-state index contributed by atoms with van der Waals surface area (Å²) >= 11 is 3.34. The predicted molar refractivity (Wildman–Crippen MR) is 155 cm³/mol. The molecule has 39 heavy (non-hydrogen) atoms. The maximum absolute atomic E-state index is 14.8. The lowest BCUT2D eigenvalue weighted by Gasteiger charge is -2.35. The molecule has 10 heteroatoms. The van der Waals surface area contributed by atoms with Gasteiger partial charge < -0.3 is 10.2 Å². The van der Waals surface area contributed by atoms with Crippen LogP contribution in [0.1, 0.15) is 31.9 Å². The van der Waals surface area contributed by atoms with Crippen molar-refractivity contribution in [3.8, 4) is 0 Å². The zero-order valence-electron chi connectivity index (χ0n) is 22.4. The van der Waals surface area contributed by atoms with Crippen LogP contribution in [-0.2, 0) is 32.6 Å². The van der Waals surface area contributed by atoms with Gasteiger partial charge in [-0.2, -0.15) is 0 Å². The van der Waals surface area contributed by atoms with Crippen molar-refractivity contribution in [1.82, 2.24) is 10.2 Å². The fraction of sp³-hybridized carbons (Fsp3) is 0.310. The van der Waals surface area contributed by atoms with E-state index in [9.17, 15) is 22.4 Å². The molecule has 1 N–H and O–H groups in total. The van der Waals surface area contributed by atoms with Crippen LogP contribution in [0, 0.1) is 5.82 Å². The summed E-state index contributed by atoms with van der Waals surface area (Å²) in [6, 6.07) is 20.7. The third kappa shape index (κ3) is 8.90. The first kappa shape index (κ1) is 30.3. The number of carbonyl (C=O) groups excluding carboxylic acids is 2. The molecule has 0 aliphatic rings. The Kier molecular flexibility index (Phi) is 9.90. The van der Waals surface area contributed by atoms with E-state index >= 15 is 0 Å². The van der Waals surface area contributed by atoms with Gasteiger partial charge in [0.05, 0.1) is 11.9 Å². The Morgan fingerprint density at radius 3 is 2.21 bits per heavy atom. The largest absolute Gasteiger partial charge is 0.350 e. The molecule has 208 valence electrons. The Labute approximate surface area is 238 Å². The Bertz CT molecular complexity index is 1410. The molecule has 0 heterocycles. The normalized spacial score (nSPS) is 12.5. The maximum Gasteiger partial charge on any atom is 0.244 e. The molecule has 0 bridgehead atoms. The van der Waals surface area contributed by atoms with Crippen LogP contribution in [-0.4, -0.2) is 49.5 Å². The zero-order valence-corrected chi connectivity index (χ0v) is 24.8. The third-order valence-electron chi connectivity index (χ3n) is 5.84. The highest BCUT2D eigenvalue weighted by Gasteiger charge is 2.34. The number of halogens is 2. The molecular weight excluding hydrogens is 585 g/mol. The molecule has 3 rings (SSSR count). The van der Waals surface area contributed by atoms with Gasteiger partial charge in [0.2, 0.25) is 21.8 Å². The summed E-state index contributed by atoms with van der Waals surface area (Å²) in [6.45, 7) is 4.68. The van der Waals surface area contributed by atoms with Crippen molar-refractivity contribution in [1.29, 1.82) is 0 Å². The quantitative estimate of drug-likeness (QED) is 0.350. The molecule has 0 radical (unpaired) electrons. The SMILES string of the molecule is CC(C)(C)NC(=O)[C@@H](Cc1ccccc1)N(Cc1ccccc1F)C(=O)CN(c1cccc(Br)c1)S(C)(=O)=O. The van der Waals surface area contributed by atoms with Crippen molar-refractivity contribution in [2.24, 2.45) is 0 Å². The van der Waals surface area contributed by atoms with Crippen molar-refractivity contribution >= 4 is 43.5 Å². The van der Waals surface area contributed by atoms with Gasteiger partial charge in [0.15, 0.2) is 0 Å². The van der Waals surface area contributed by atoms with Crippen LogP contribution in [0.2, 0.25) is 0 Å². The van der Waals surface area contributed by atoms with Gasteiger partial charge >= 0.3 is 0 Å². The highest BCUT2D eigenvalue weighted by atomic mass is 79.9. The van der Waals surface area contributed by atoms with E-state index in [1.165, 1.54) is 17.0 Å². The number of sulfonamides is 1. The van der Waals surface area contributed by atoms with Crippen molar-refractivity contribution in [2.45, 2.75) is 45.3 Å². The number of nitrogens with zero attached hydrogens (tertiary/aromatic N) is 2. The van der Waals surface area contributed by atoms with Crippen LogP contribution in [0.25, 0.3) is 0 Å². The van der Waals surface area contributed by atoms with E-state index in [1.807, 2.05) is 51.1 Å². The van der Waals surface area contributed by atoms with E-state index < -0.39 is 45.8 Å². The molecular formula is C29H33BrFN3O4S. The van der Waals surface area contributed by atoms with Crippen molar-refractivity contribution in [3.05, 3.63) is 100 Å². The topological polar surface area (TPSA) is 86.8 Å². The van der Waals surface area contributed by atoms with Gasteiger partial charge in [0, 0.05) is 28.5 Å². The molecule has 0 aromatic heterocycles. The highest BCUT2D eigenvalue weighted by Crippen LogP contribution is 2.24. The summed E-state index contributed by atoms with van der Waals surface area (Å²) in [6.07, 6.45) is 1.16. The number of hydrogen-bond donors (Lipinski definition) is 1. The second kappa shape index (κ2) is 12.7. The van der Waals surface area contributed by atoms with E-state index in [-0.39, 0.29) is 24.2 Å². The molecule has 0 aliphatic heterocycles. The van der Waals surface area contributed by atoms with Crippen LogP contribution < -0.4 is 9.62 Å². The summed E-state index contributed by atoms with van der Waals surface area (Å²) in [7, 11) is -3.89. The molecule has 0 aliphatic carbocycles. The summed E-state index contributed by atoms with van der Waals surface area (Å²) in [4.78, 5) is 28.9. The number of rotatable bonds is 10. The monoisotopic (exact) mass is 617 g/mol. The maximum atomic E-state index is 14.8. The summed E-state index contributed by atoms with van der Waals surface area (Å²) in [5.74, 6) is -1.60. The smallest absolute Gasteiger partial charge is 0.244 e. The van der Waals surface area contributed by atoms with E-state index in [4.69, 9.17) is 0 Å². The molecule has 0 spiro atoms. The number of carbonyl (C=O) groups is 2. The number of nitrogens with one attached hydrogen (secondary N) is 1. The Morgan fingerprint density at radius 2 is 1.62 bits per heavy atom. The van der Waals surface area contributed by atoms with Gasteiger partial charge in [-0.25, -0.2) is 12.8 Å². The fourth-order valence-corrected chi connectivity index (χ4v) is 5.29. The first-order valence-corrected chi connectivity index (χ1v) is 15.0. The average molecular weight is 619 g/mol. The minimum atomic E-state index is -3.89. The molecule has 0 saturated heterocycles. The fourth-order valence-electron chi connectivity index (χ4n) is 4.06. The molecule has 0 saturated carbocycles. The van der Waals surface area contributed by atoms with E-state index in [0.717, 1.165) is 16.1 Å². The Balaban J connectivity index is 2.09. The minimum absolute atomic E-state index is 0.151. The standard InChI is InChI=1S/C29H33BrFN3O4S/c1-29(2,3)32-28(36)26(17-21-11-6-5-7-12-21)33(19-22-13-8-9-16-25(22)31)27(35)20-34(39(4,37)38)24-15-10-14-23(30)18-24/h5-16,18,26H,17,19-20H2,1-4H3,(H,32,36)/t26-/m1/s1. The van der Waals surface area contributed by atoms with Crippen LogP contribution in [0.5, 0.6) is 0 Å². The van der Waals surface area contributed by atoms with Crippen LogP contribution >= 0.6 is 15.9 Å². The van der Waals surface area contributed by atoms with E-state index in [2.05, 4.69) is 21.2 Å². The summed E-state index contributed by atoms with van der Waals surface area (Å²) in [5.41, 5.74) is 0.684. The zero-order chi connectivity index (χ0) is 28.8. The van der Waals surface area contributed by atoms with Crippen molar-refractivity contribution in [3.63, 3.8) is 0 Å². The molecule has 3 aromatic carbocycles. The summed E-state index contributed by atoms with van der Waals surface area (Å²) in [5, 5.41) is 2.93. The van der Waals surface area contributed by atoms with E-state index in [1.54, 1.807) is 36.4 Å². The second-order valence-electron chi connectivity index (χ2n) is 10.3. The molecule has 7 nitrogen and oxygen atoms in total. The lowest BCUT2D eigenvalue weighted by atomic mass is 10.0. The predicted octanol–water partition coefficient (Wildman–Crippen LogP) is 4.91. The molecule has 3 aromatic rings. The van der Waals surface area contributed by atoms with Gasteiger partial charge in [0.1, 0.15) is 18.4 Å². The van der Waals surface area contributed by atoms with Gasteiger partial charge in [-0.05, 0) is 50.6 Å². The second-order valence-corrected chi connectivity index (χ2v) is 13.1. The van der Waals surface area contributed by atoms with E-state index in [0.29, 0.717) is 4.47 Å². The van der Waals surface area contributed by atoms with Gasteiger partial charge in [0.25, 0.3) is 0 Å². The first-order valence-electron chi connectivity index (χ1n) is 12.4. The number of benzene rings is 3. The van der Waals surface area contributed by atoms with Gasteiger partial charge in [-0.1, -0.05) is 70.5 Å². The van der Waals surface area contributed by atoms with Crippen LogP contribution in [0.4, 0.5) is 10.1 Å². The molecule has 2 amide bonds. The van der Waals surface area contributed by atoms with Gasteiger partial charge in [-0.15, -0.1) is 0 Å². The highest BCUT2D eigenvalue weighted by molar-refractivity contribution is 9.10. The first-order chi connectivity index (χ1) is 18.2. The molecule has 0 fully saturated rings. The van der Waals surface area contributed by atoms with Crippen LogP contribution in [0.15, 0.2) is 83.3 Å². The van der Waals surface area contributed by atoms with Crippen molar-refractivity contribution < 1.29 is 22.4 Å². The van der Waals surface area contributed by atoms with Crippen LogP contribution in [0.3, 0.4) is 0 Å². The minimum Gasteiger partial charge on any atom is -0.350 e. The lowest BCUT2D eigenvalue weighted by molar-refractivity contribution is -0.140. The number of amides is 2.